The van der Waals surface area contributed by atoms with E-state index in [9.17, 15) is 0 Å². The zero-order chi connectivity index (χ0) is 9.61. The molecule has 0 saturated heterocycles. The van der Waals surface area contributed by atoms with Gasteiger partial charge in [-0.2, -0.15) is 0 Å². The van der Waals surface area contributed by atoms with Gasteiger partial charge >= 0.3 is 0 Å². The zero-order valence-corrected chi connectivity index (χ0v) is 9.19. The molecular formula is C12H24. The van der Waals surface area contributed by atoms with Crippen LogP contribution in [-0.2, 0) is 0 Å². The van der Waals surface area contributed by atoms with Crippen LogP contribution in [-0.4, -0.2) is 0 Å². The number of hydrogen-bond donors (Lipinski definition) is 0. The van der Waals surface area contributed by atoms with E-state index in [0.29, 0.717) is 5.41 Å². The molecule has 0 spiro atoms. The van der Waals surface area contributed by atoms with Gasteiger partial charge in [-0.1, -0.05) is 53.0 Å². The van der Waals surface area contributed by atoms with E-state index in [-0.39, 0.29) is 0 Å². The minimum Gasteiger partial charge on any atom is -0.103 e. The van der Waals surface area contributed by atoms with Crippen molar-refractivity contribution in [2.24, 2.45) is 11.3 Å². The second-order valence-electron chi connectivity index (χ2n) is 4.83. The van der Waals surface area contributed by atoms with Crippen molar-refractivity contribution in [2.75, 3.05) is 0 Å². The number of unbranched alkanes of at least 4 members (excludes halogenated alkanes) is 1. The lowest BCUT2D eigenvalue weighted by Gasteiger charge is -2.19. The van der Waals surface area contributed by atoms with Gasteiger partial charge in [-0.15, -0.1) is 6.58 Å². The Labute approximate surface area is 78.1 Å². The van der Waals surface area contributed by atoms with Crippen molar-refractivity contribution < 1.29 is 0 Å². The molecule has 12 heavy (non-hydrogen) atoms. The molecule has 72 valence electrons. The topological polar surface area (TPSA) is 0 Å². The monoisotopic (exact) mass is 168 g/mol. The summed E-state index contributed by atoms with van der Waals surface area (Å²) in [5, 5.41) is 0. The third kappa shape index (κ3) is 6.45. The second-order valence-corrected chi connectivity index (χ2v) is 4.83. The molecule has 0 bridgehead atoms. The Balaban J connectivity index is 3.37. The van der Waals surface area contributed by atoms with Crippen LogP contribution in [0.15, 0.2) is 12.7 Å². The first-order valence-electron chi connectivity index (χ1n) is 5.11. The van der Waals surface area contributed by atoms with E-state index in [1.54, 1.807) is 0 Å². The average Bonchev–Trinajstić information content (AvgIpc) is 1.98. The van der Waals surface area contributed by atoms with Crippen molar-refractivity contribution in [3.63, 3.8) is 0 Å². The Hall–Kier alpha value is -0.260. The molecule has 0 aromatic heterocycles. The summed E-state index contributed by atoms with van der Waals surface area (Å²) >= 11 is 0. The van der Waals surface area contributed by atoms with Gasteiger partial charge in [0.05, 0.1) is 0 Å². The van der Waals surface area contributed by atoms with Gasteiger partial charge in [-0.05, 0) is 17.8 Å². The average molecular weight is 168 g/mol. The Bertz CT molecular complexity index is 120. The standard InChI is InChI=1S/C12H24/c1-6-12(4,5)10-8-7-9-11(2)3/h6,11H,1,7-10H2,2-5H3. The predicted molar refractivity (Wildman–Crippen MR) is 57.3 cm³/mol. The molecule has 0 aromatic rings. The summed E-state index contributed by atoms with van der Waals surface area (Å²) in [6.45, 7) is 12.9. The highest BCUT2D eigenvalue weighted by atomic mass is 14.2. The van der Waals surface area contributed by atoms with Crippen molar-refractivity contribution in [3.8, 4) is 0 Å². The van der Waals surface area contributed by atoms with Crippen LogP contribution in [0.1, 0.15) is 53.4 Å². The first-order valence-corrected chi connectivity index (χ1v) is 5.11. The molecule has 0 aliphatic rings. The molecular weight excluding hydrogens is 144 g/mol. The summed E-state index contributed by atoms with van der Waals surface area (Å²) in [5.74, 6) is 0.858. The number of rotatable bonds is 6. The third-order valence-electron chi connectivity index (χ3n) is 2.41. The zero-order valence-electron chi connectivity index (χ0n) is 9.19. The van der Waals surface area contributed by atoms with E-state index in [0.717, 1.165) is 5.92 Å². The summed E-state index contributed by atoms with van der Waals surface area (Å²) in [7, 11) is 0. The summed E-state index contributed by atoms with van der Waals surface area (Å²) in [4.78, 5) is 0. The van der Waals surface area contributed by atoms with Crippen molar-refractivity contribution in [1.29, 1.82) is 0 Å². The van der Waals surface area contributed by atoms with E-state index >= 15 is 0 Å². The van der Waals surface area contributed by atoms with Crippen LogP contribution < -0.4 is 0 Å². The van der Waals surface area contributed by atoms with E-state index in [1.165, 1.54) is 25.7 Å². The SMILES string of the molecule is C=CC(C)(C)CCCCC(C)C. The second kappa shape index (κ2) is 5.40. The summed E-state index contributed by atoms with van der Waals surface area (Å²) < 4.78 is 0. The molecule has 0 aliphatic heterocycles. The number of hydrogen-bond acceptors (Lipinski definition) is 0. The smallest absolute Gasteiger partial charge is 0.0178 e. The molecule has 0 N–H and O–H groups in total. The van der Waals surface area contributed by atoms with Gasteiger partial charge in [-0.25, -0.2) is 0 Å². The van der Waals surface area contributed by atoms with Gasteiger partial charge in [0.15, 0.2) is 0 Å². The first kappa shape index (κ1) is 11.7. The van der Waals surface area contributed by atoms with Crippen LogP contribution in [0.2, 0.25) is 0 Å². The van der Waals surface area contributed by atoms with Crippen molar-refractivity contribution >= 4 is 0 Å². The highest BCUT2D eigenvalue weighted by Crippen LogP contribution is 2.24. The maximum atomic E-state index is 3.85. The van der Waals surface area contributed by atoms with Crippen LogP contribution in [0.3, 0.4) is 0 Å². The molecule has 0 aliphatic carbocycles. The molecule has 0 aromatic carbocycles. The molecule has 0 nitrogen and oxygen atoms in total. The largest absolute Gasteiger partial charge is 0.103 e. The van der Waals surface area contributed by atoms with Crippen LogP contribution in [0.4, 0.5) is 0 Å². The molecule has 0 atom stereocenters. The van der Waals surface area contributed by atoms with E-state index in [1.807, 2.05) is 0 Å². The lowest BCUT2D eigenvalue weighted by atomic mass is 9.87. The van der Waals surface area contributed by atoms with Gasteiger partial charge in [0.1, 0.15) is 0 Å². The minimum absolute atomic E-state index is 0.344. The maximum absolute atomic E-state index is 3.85. The minimum atomic E-state index is 0.344. The Kier molecular flexibility index (Phi) is 5.28. The summed E-state index contributed by atoms with van der Waals surface area (Å²) in [6.07, 6.45) is 7.44. The van der Waals surface area contributed by atoms with Gasteiger partial charge < -0.3 is 0 Å². The van der Waals surface area contributed by atoms with Gasteiger partial charge in [-0.3, -0.25) is 0 Å². The lowest BCUT2D eigenvalue weighted by Crippen LogP contribution is -2.06. The van der Waals surface area contributed by atoms with Crippen LogP contribution in [0.5, 0.6) is 0 Å². The molecule has 0 fully saturated rings. The summed E-state index contributed by atoms with van der Waals surface area (Å²) in [5.41, 5.74) is 0.344. The molecule has 0 unspecified atom stereocenters. The van der Waals surface area contributed by atoms with Gasteiger partial charge in [0, 0.05) is 0 Å². The van der Waals surface area contributed by atoms with Crippen molar-refractivity contribution in [1.82, 2.24) is 0 Å². The van der Waals surface area contributed by atoms with E-state index in [4.69, 9.17) is 0 Å². The molecule has 0 heterocycles. The molecule has 0 heteroatoms. The lowest BCUT2D eigenvalue weighted by molar-refractivity contribution is 0.400. The summed E-state index contributed by atoms with van der Waals surface area (Å²) in [6, 6.07) is 0. The highest BCUT2D eigenvalue weighted by molar-refractivity contribution is 4.86. The van der Waals surface area contributed by atoms with Crippen molar-refractivity contribution in [2.45, 2.75) is 53.4 Å². The molecule has 0 amide bonds. The fraction of sp³-hybridized carbons (Fsp3) is 0.833. The third-order valence-corrected chi connectivity index (χ3v) is 2.41. The Morgan fingerprint density at radius 2 is 1.83 bits per heavy atom. The Morgan fingerprint density at radius 3 is 2.25 bits per heavy atom. The molecule has 0 rings (SSSR count). The van der Waals surface area contributed by atoms with Gasteiger partial charge in [0.2, 0.25) is 0 Å². The van der Waals surface area contributed by atoms with Gasteiger partial charge in [0.25, 0.3) is 0 Å². The quantitative estimate of drug-likeness (QED) is 0.407. The molecule has 0 radical (unpaired) electrons. The maximum Gasteiger partial charge on any atom is -0.0178 e. The first-order chi connectivity index (χ1) is 5.48. The fourth-order valence-corrected chi connectivity index (χ4v) is 1.24. The Morgan fingerprint density at radius 1 is 1.25 bits per heavy atom. The van der Waals surface area contributed by atoms with Crippen LogP contribution >= 0.6 is 0 Å². The van der Waals surface area contributed by atoms with Crippen LogP contribution in [0.25, 0.3) is 0 Å². The van der Waals surface area contributed by atoms with E-state index in [2.05, 4.69) is 40.3 Å². The van der Waals surface area contributed by atoms with Crippen molar-refractivity contribution in [3.05, 3.63) is 12.7 Å². The normalized spacial score (nSPS) is 12.1. The predicted octanol–water partition coefficient (Wildman–Crippen LogP) is 4.42. The molecule has 0 saturated carbocycles. The van der Waals surface area contributed by atoms with E-state index < -0.39 is 0 Å². The van der Waals surface area contributed by atoms with Crippen LogP contribution in [0, 0.1) is 11.3 Å². The highest BCUT2D eigenvalue weighted by Gasteiger charge is 2.11. The fourth-order valence-electron chi connectivity index (χ4n) is 1.24. The number of allylic oxidation sites excluding steroid dienone is 1.